The van der Waals surface area contributed by atoms with Gasteiger partial charge in [0.25, 0.3) is 0 Å². The number of unbranched alkanes of at least 4 members (excludes halogenated alkanes) is 23. The van der Waals surface area contributed by atoms with E-state index < -0.39 is 6.10 Å². The first-order valence-electron chi connectivity index (χ1n) is 18.2. The summed E-state index contributed by atoms with van der Waals surface area (Å²) in [6, 6.07) is 0. The van der Waals surface area contributed by atoms with Crippen LogP contribution >= 0.6 is 0 Å². The average molecular weight is 612 g/mol. The number of carbonyl (C=O) groups is 3. The van der Waals surface area contributed by atoms with E-state index in [-0.39, 0.29) is 31.1 Å². The van der Waals surface area contributed by atoms with Gasteiger partial charge in [-0.3, -0.25) is 14.4 Å². The first-order valence-corrected chi connectivity index (χ1v) is 18.2. The van der Waals surface area contributed by atoms with Crippen LogP contribution in [0.2, 0.25) is 0 Å². The van der Waals surface area contributed by atoms with Crippen molar-refractivity contribution >= 4 is 17.8 Å². The van der Waals surface area contributed by atoms with E-state index in [1.807, 2.05) is 0 Å². The second-order valence-electron chi connectivity index (χ2n) is 12.4. The Balaban J connectivity index is 3.50. The van der Waals surface area contributed by atoms with E-state index in [1.54, 1.807) is 6.92 Å². The second kappa shape index (κ2) is 33.3. The molecule has 0 unspecified atom stereocenters. The van der Waals surface area contributed by atoms with Crippen LogP contribution in [0.4, 0.5) is 0 Å². The van der Waals surface area contributed by atoms with Gasteiger partial charge in [-0.2, -0.15) is 0 Å². The Hall–Kier alpha value is -1.63. The number of hydrogen-bond donors (Lipinski definition) is 2. The van der Waals surface area contributed by atoms with Gasteiger partial charge in [0.15, 0.2) is 6.10 Å². The Bertz CT molecular complexity index is 641. The summed E-state index contributed by atoms with van der Waals surface area (Å²) in [6.45, 7) is 4.21. The van der Waals surface area contributed by atoms with Gasteiger partial charge in [-0.25, -0.2) is 0 Å². The maximum Gasteiger partial charge on any atom is 0.306 e. The largest absolute Gasteiger partial charge is 0.462 e. The zero-order valence-corrected chi connectivity index (χ0v) is 28.3. The summed E-state index contributed by atoms with van der Waals surface area (Å²) >= 11 is 0. The van der Waals surface area contributed by atoms with Crippen molar-refractivity contribution in [1.29, 1.82) is 0 Å². The number of aliphatic hydroxyl groups is 1. The molecule has 0 heterocycles. The zero-order chi connectivity index (χ0) is 31.6. The third-order valence-corrected chi connectivity index (χ3v) is 8.10. The normalized spacial score (nSPS) is 11.8. The fraction of sp³-hybridized carbons (Fsp3) is 0.917. The minimum absolute atomic E-state index is 0.0607. The highest BCUT2D eigenvalue weighted by Gasteiger charge is 2.16. The third kappa shape index (κ3) is 33.1. The molecule has 7 heteroatoms. The molecule has 0 aromatic rings. The lowest BCUT2D eigenvalue weighted by Crippen LogP contribution is -2.28. The van der Waals surface area contributed by atoms with Crippen molar-refractivity contribution in [2.75, 3.05) is 19.8 Å². The lowest BCUT2D eigenvalue weighted by molar-refractivity contribution is -0.161. The van der Waals surface area contributed by atoms with Gasteiger partial charge in [0.2, 0.25) is 5.91 Å². The summed E-state index contributed by atoms with van der Waals surface area (Å²) < 4.78 is 10.6. The van der Waals surface area contributed by atoms with Crippen LogP contribution in [0.25, 0.3) is 0 Å². The number of carbonyl (C=O) groups excluding carboxylic acids is 3. The molecule has 0 saturated heterocycles. The molecule has 0 rings (SSSR count). The number of hydrogen-bond acceptors (Lipinski definition) is 6. The molecule has 2 N–H and O–H groups in total. The van der Waals surface area contributed by atoms with Crippen LogP contribution in [0.15, 0.2) is 0 Å². The van der Waals surface area contributed by atoms with E-state index in [2.05, 4.69) is 12.2 Å². The lowest BCUT2D eigenvalue weighted by Gasteiger charge is -2.15. The highest BCUT2D eigenvalue weighted by Crippen LogP contribution is 2.14. The number of amides is 1. The van der Waals surface area contributed by atoms with Crippen LogP contribution in [0.5, 0.6) is 0 Å². The molecule has 0 spiro atoms. The first-order chi connectivity index (χ1) is 21.0. The molecule has 0 radical (unpaired) electrons. The van der Waals surface area contributed by atoms with Gasteiger partial charge >= 0.3 is 11.9 Å². The summed E-state index contributed by atoms with van der Waals surface area (Å²) in [5, 5.41) is 12.4. The lowest BCUT2D eigenvalue weighted by atomic mass is 10.0. The quantitative estimate of drug-likeness (QED) is 0.0567. The molecule has 0 aliphatic rings. The van der Waals surface area contributed by atoms with Crippen molar-refractivity contribution in [3.8, 4) is 0 Å². The Morgan fingerprint density at radius 2 is 0.930 bits per heavy atom. The second-order valence-corrected chi connectivity index (χ2v) is 12.4. The SMILES string of the molecule is CCCCCCCCCCCCCCC(=O)O[C@H](CO)COC(=O)CCCCCCCCCCCCCCCNC(C)=O. The maximum atomic E-state index is 12.1. The van der Waals surface area contributed by atoms with Crippen LogP contribution in [0, 0.1) is 0 Å². The summed E-state index contributed by atoms with van der Waals surface area (Å²) in [6.07, 6.45) is 30.3. The van der Waals surface area contributed by atoms with Gasteiger partial charge < -0.3 is 19.9 Å². The van der Waals surface area contributed by atoms with Gasteiger partial charge in [-0.15, -0.1) is 0 Å². The third-order valence-electron chi connectivity index (χ3n) is 8.10. The van der Waals surface area contributed by atoms with Crippen molar-refractivity contribution in [2.45, 2.75) is 193 Å². The fourth-order valence-electron chi connectivity index (χ4n) is 5.34. The standard InChI is InChI=1S/C36H69NO6/c1-3-4-5-6-7-8-9-13-17-20-23-26-29-36(41)43-34(31-38)32-42-35(40)28-25-22-19-16-14-11-10-12-15-18-21-24-27-30-37-33(2)39/h34,38H,3-32H2,1-2H3,(H,37,39)/t34-/m1/s1. The number of aliphatic hydroxyl groups excluding tert-OH is 1. The molecule has 0 aromatic heterocycles. The highest BCUT2D eigenvalue weighted by molar-refractivity contribution is 5.72. The molecular formula is C36H69NO6. The van der Waals surface area contributed by atoms with E-state index in [9.17, 15) is 19.5 Å². The molecule has 0 fully saturated rings. The van der Waals surface area contributed by atoms with E-state index in [1.165, 1.54) is 116 Å². The van der Waals surface area contributed by atoms with Gasteiger partial charge in [0, 0.05) is 26.3 Å². The monoisotopic (exact) mass is 612 g/mol. The summed E-state index contributed by atoms with van der Waals surface area (Å²) in [4.78, 5) is 35.0. The summed E-state index contributed by atoms with van der Waals surface area (Å²) in [7, 11) is 0. The van der Waals surface area contributed by atoms with Gasteiger partial charge in [0.05, 0.1) is 6.61 Å². The van der Waals surface area contributed by atoms with Gasteiger partial charge in [0.1, 0.15) is 6.61 Å². The maximum absolute atomic E-state index is 12.1. The van der Waals surface area contributed by atoms with Crippen LogP contribution in [0.1, 0.15) is 187 Å². The number of rotatable bonds is 33. The van der Waals surface area contributed by atoms with Crippen LogP contribution in [0.3, 0.4) is 0 Å². The van der Waals surface area contributed by atoms with Crippen LogP contribution in [-0.4, -0.2) is 48.8 Å². The van der Waals surface area contributed by atoms with Gasteiger partial charge in [-0.1, -0.05) is 148 Å². The molecule has 0 aromatic carbocycles. The van der Waals surface area contributed by atoms with Crippen molar-refractivity contribution < 1.29 is 29.0 Å². The molecule has 254 valence electrons. The molecule has 1 amide bonds. The first kappa shape index (κ1) is 41.4. The molecule has 0 aliphatic heterocycles. The summed E-state index contributed by atoms with van der Waals surface area (Å²) in [5.41, 5.74) is 0. The van der Waals surface area contributed by atoms with E-state index in [4.69, 9.17) is 9.47 Å². The molecule has 0 aliphatic carbocycles. The Kier molecular flexibility index (Phi) is 32.0. The van der Waals surface area contributed by atoms with Crippen LogP contribution < -0.4 is 5.32 Å². The number of nitrogens with one attached hydrogen (secondary N) is 1. The molecule has 7 nitrogen and oxygen atoms in total. The molecule has 0 bridgehead atoms. The van der Waals surface area contributed by atoms with Crippen LogP contribution in [-0.2, 0) is 23.9 Å². The summed E-state index contributed by atoms with van der Waals surface area (Å²) in [5.74, 6) is -0.548. The Morgan fingerprint density at radius 1 is 0.558 bits per heavy atom. The molecule has 0 saturated carbocycles. The fourth-order valence-corrected chi connectivity index (χ4v) is 5.34. The molecular weight excluding hydrogens is 542 g/mol. The van der Waals surface area contributed by atoms with Gasteiger partial charge in [-0.05, 0) is 19.3 Å². The minimum atomic E-state index is -0.774. The smallest absolute Gasteiger partial charge is 0.306 e. The molecule has 1 atom stereocenters. The average Bonchev–Trinajstić information content (AvgIpc) is 2.99. The van der Waals surface area contributed by atoms with Crippen molar-refractivity contribution in [3.63, 3.8) is 0 Å². The molecule has 43 heavy (non-hydrogen) atoms. The predicted octanol–water partition coefficient (Wildman–Crippen LogP) is 9.12. The Labute approximate surface area is 265 Å². The highest BCUT2D eigenvalue weighted by atomic mass is 16.6. The van der Waals surface area contributed by atoms with E-state index in [0.29, 0.717) is 12.8 Å². The zero-order valence-electron chi connectivity index (χ0n) is 28.3. The number of esters is 2. The van der Waals surface area contributed by atoms with E-state index in [0.717, 1.165) is 51.5 Å². The topological polar surface area (TPSA) is 102 Å². The minimum Gasteiger partial charge on any atom is -0.462 e. The predicted molar refractivity (Wildman–Crippen MR) is 177 cm³/mol. The van der Waals surface area contributed by atoms with E-state index >= 15 is 0 Å². The van der Waals surface area contributed by atoms with Crippen molar-refractivity contribution in [3.05, 3.63) is 0 Å². The van der Waals surface area contributed by atoms with Crippen molar-refractivity contribution in [1.82, 2.24) is 5.32 Å². The van der Waals surface area contributed by atoms with Crippen molar-refractivity contribution in [2.24, 2.45) is 0 Å². The number of ether oxygens (including phenoxy) is 2. The Morgan fingerprint density at radius 3 is 1.33 bits per heavy atom.